The molecule has 2 bridgehead atoms. The Bertz CT molecular complexity index is 587. The molecule has 1 amide bonds. The van der Waals surface area contributed by atoms with Gasteiger partial charge in [-0.05, 0) is 55.2 Å². The van der Waals surface area contributed by atoms with E-state index in [1.807, 2.05) is 0 Å². The van der Waals surface area contributed by atoms with E-state index < -0.39 is 5.97 Å². The molecule has 0 aromatic heterocycles. The van der Waals surface area contributed by atoms with Crippen LogP contribution in [0, 0.1) is 17.8 Å². The van der Waals surface area contributed by atoms with Gasteiger partial charge in [-0.2, -0.15) is 0 Å². The fraction of sp³-hybridized carbons (Fsp3) is 0.500. The zero-order valence-electron chi connectivity index (χ0n) is 11.6. The summed E-state index contributed by atoms with van der Waals surface area (Å²) >= 11 is 3.27. The summed E-state index contributed by atoms with van der Waals surface area (Å²) in [6.45, 7) is 0. The number of nitrogens with one attached hydrogen (secondary N) is 1. The number of benzene rings is 1. The number of rotatable bonds is 4. The first-order valence-corrected chi connectivity index (χ1v) is 8.14. The lowest BCUT2D eigenvalue weighted by Crippen LogP contribution is -2.20. The number of carbonyl (C=O) groups excluding carboxylic acids is 1. The predicted octanol–water partition coefficient (Wildman–Crippen LogP) is 3.91. The SMILES string of the molecule is O=C(CC1CC2CCC1C2)Nc1cc(Br)cc(C(=O)O)c1. The molecule has 2 aliphatic carbocycles. The van der Waals surface area contributed by atoms with Crippen LogP contribution >= 0.6 is 15.9 Å². The van der Waals surface area contributed by atoms with Crippen LogP contribution in [-0.2, 0) is 4.79 Å². The summed E-state index contributed by atoms with van der Waals surface area (Å²) in [5, 5.41) is 11.9. The number of halogens is 1. The Balaban J connectivity index is 1.63. The molecule has 3 unspecified atom stereocenters. The quantitative estimate of drug-likeness (QED) is 0.863. The summed E-state index contributed by atoms with van der Waals surface area (Å²) in [7, 11) is 0. The third kappa shape index (κ3) is 3.28. The van der Waals surface area contributed by atoms with E-state index in [1.165, 1.54) is 37.8 Å². The minimum absolute atomic E-state index is 0.0120. The number of carboxylic acid groups (broad SMARTS) is 1. The molecule has 2 aliphatic rings. The molecule has 2 fully saturated rings. The molecule has 5 heteroatoms. The fourth-order valence-corrected chi connectivity index (χ4v) is 4.36. The van der Waals surface area contributed by atoms with Crippen LogP contribution in [-0.4, -0.2) is 17.0 Å². The van der Waals surface area contributed by atoms with Crippen LogP contribution in [0.1, 0.15) is 42.5 Å². The molecule has 0 heterocycles. The second kappa shape index (κ2) is 5.79. The Hall–Kier alpha value is -1.36. The number of fused-ring (bicyclic) bond motifs is 2. The Morgan fingerprint density at radius 2 is 2.05 bits per heavy atom. The summed E-state index contributed by atoms with van der Waals surface area (Å²) in [5.41, 5.74) is 0.703. The second-order valence-corrected chi connectivity index (χ2v) is 7.14. The Kier molecular flexibility index (Phi) is 4.02. The van der Waals surface area contributed by atoms with Crippen molar-refractivity contribution in [3.05, 3.63) is 28.2 Å². The maximum Gasteiger partial charge on any atom is 0.335 e. The molecule has 0 saturated heterocycles. The number of carboxylic acids is 1. The van der Waals surface area contributed by atoms with Gasteiger partial charge in [0.15, 0.2) is 0 Å². The lowest BCUT2D eigenvalue weighted by atomic mass is 9.86. The van der Waals surface area contributed by atoms with E-state index in [0.29, 0.717) is 22.5 Å². The Morgan fingerprint density at radius 1 is 1.24 bits per heavy atom. The Morgan fingerprint density at radius 3 is 2.67 bits per heavy atom. The van der Waals surface area contributed by atoms with Crippen LogP contribution in [0.3, 0.4) is 0 Å². The molecule has 1 aromatic carbocycles. The molecule has 3 rings (SSSR count). The van der Waals surface area contributed by atoms with Crippen molar-refractivity contribution in [2.24, 2.45) is 17.8 Å². The monoisotopic (exact) mass is 351 g/mol. The number of carbonyl (C=O) groups is 2. The summed E-state index contributed by atoms with van der Waals surface area (Å²) in [4.78, 5) is 23.2. The molecule has 21 heavy (non-hydrogen) atoms. The molecule has 1 aromatic rings. The third-order valence-electron chi connectivity index (χ3n) is 4.76. The minimum Gasteiger partial charge on any atom is -0.478 e. The molecular weight excluding hydrogens is 334 g/mol. The van der Waals surface area contributed by atoms with E-state index in [9.17, 15) is 9.59 Å². The van der Waals surface area contributed by atoms with E-state index >= 15 is 0 Å². The highest BCUT2D eigenvalue weighted by molar-refractivity contribution is 9.10. The molecule has 3 atom stereocenters. The summed E-state index contributed by atoms with van der Waals surface area (Å²) in [6.07, 6.45) is 5.62. The lowest BCUT2D eigenvalue weighted by molar-refractivity contribution is -0.117. The van der Waals surface area contributed by atoms with Crippen molar-refractivity contribution in [3.8, 4) is 0 Å². The largest absolute Gasteiger partial charge is 0.478 e. The van der Waals surface area contributed by atoms with Gasteiger partial charge in [-0.1, -0.05) is 22.4 Å². The molecule has 2 N–H and O–H groups in total. The third-order valence-corrected chi connectivity index (χ3v) is 5.22. The minimum atomic E-state index is -1.00. The highest BCUT2D eigenvalue weighted by Gasteiger charge is 2.40. The van der Waals surface area contributed by atoms with Gasteiger partial charge >= 0.3 is 5.97 Å². The van der Waals surface area contributed by atoms with Crippen LogP contribution in [0.5, 0.6) is 0 Å². The van der Waals surface area contributed by atoms with E-state index in [4.69, 9.17) is 5.11 Å². The van der Waals surface area contributed by atoms with Gasteiger partial charge in [0.25, 0.3) is 0 Å². The Labute approximate surface area is 132 Å². The maximum atomic E-state index is 12.2. The van der Waals surface area contributed by atoms with E-state index in [-0.39, 0.29) is 11.5 Å². The molecule has 0 aliphatic heterocycles. The predicted molar refractivity (Wildman–Crippen MR) is 83.3 cm³/mol. The van der Waals surface area contributed by atoms with Gasteiger partial charge in [0.1, 0.15) is 0 Å². The maximum absolute atomic E-state index is 12.2. The number of aromatic carboxylic acids is 1. The van der Waals surface area contributed by atoms with Gasteiger partial charge in [-0.25, -0.2) is 4.79 Å². The van der Waals surface area contributed by atoms with Crippen molar-refractivity contribution in [3.63, 3.8) is 0 Å². The standard InChI is InChI=1S/C16H18BrNO3/c17-13-5-12(16(20)21)6-14(8-13)18-15(19)7-11-4-9-1-2-10(11)3-9/h5-6,8-11H,1-4,7H2,(H,18,19)(H,20,21). The van der Waals surface area contributed by atoms with Gasteiger partial charge in [0.05, 0.1) is 5.56 Å². The highest BCUT2D eigenvalue weighted by atomic mass is 79.9. The normalized spacial score (nSPS) is 26.8. The van der Waals surface area contributed by atoms with Gasteiger partial charge in [0, 0.05) is 16.6 Å². The van der Waals surface area contributed by atoms with E-state index in [0.717, 1.165) is 11.8 Å². The number of anilines is 1. The van der Waals surface area contributed by atoms with Crippen LogP contribution < -0.4 is 5.32 Å². The highest BCUT2D eigenvalue weighted by Crippen LogP contribution is 2.49. The van der Waals surface area contributed by atoms with Crippen molar-refractivity contribution < 1.29 is 14.7 Å². The average molecular weight is 352 g/mol. The van der Waals surface area contributed by atoms with Crippen molar-refractivity contribution in [1.29, 1.82) is 0 Å². The average Bonchev–Trinajstić information content (AvgIpc) is 2.99. The van der Waals surface area contributed by atoms with Crippen LogP contribution in [0.2, 0.25) is 0 Å². The molecule has 0 spiro atoms. The van der Waals surface area contributed by atoms with E-state index in [1.54, 1.807) is 6.07 Å². The molecule has 0 radical (unpaired) electrons. The van der Waals surface area contributed by atoms with Gasteiger partial charge in [0.2, 0.25) is 5.91 Å². The first kappa shape index (κ1) is 14.6. The zero-order valence-corrected chi connectivity index (χ0v) is 13.2. The van der Waals surface area contributed by atoms with Crippen molar-refractivity contribution in [2.75, 3.05) is 5.32 Å². The number of amides is 1. The first-order valence-electron chi connectivity index (χ1n) is 7.35. The first-order chi connectivity index (χ1) is 10.0. The van der Waals surface area contributed by atoms with Gasteiger partial charge in [-0.15, -0.1) is 0 Å². The van der Waals surface area contributed by atoms with E-state index in [2.05, 4.69) is 21.2 Å². The number of hydrogen-bond acceptors (Lipinski definition) is 2. The number of hydrogen-bond donors (Lipinski definition) is 2. The lowest BCUT2D eigenvalue weighted by Gasteiger charge is -2.21. The van der Waals surface area contributed by atoms with Crippen LogP contribution in [0.15, 0.2) is 22.7 Å². The molecule has 112 valence electrons. The van der Waals surface area contributed by atoms with Crippen LogP contribution in [0.4, 0.5) is 5.69 Å². The summed E-state index contributed by atoms with van der Waals surface area (Å²) < 4.78 is 0.651. The fourth-order valence-electron chi connectivity index (χ4n) is 3.86. The van der Waals surface area contributed by atoms with Gasteiger partial charge in [-0.3, -0.25) is 4.79 Å². The molecule has 2 saturated carbocycles. The summed E-state index contributed by atoms with van der Waals surface area (Å²) in [6, 6.07) is 4.74. The second-order valence-electron chi connectivity index (χ2n) is 6.22. The zero-order chi connectivity index (χ0) is 15.0. The van der Waals surface area contributed by atoms with Crippen molar-refractivity contribution in [1.82, 2.24) is 0 Å². The van der Waals surface area contributed by atoms with Crippen LogP contribution in [0.25, 0.3) is 0 Å². The molecule has 4 nitrogen and oxygen atoms in total. The van der Waals surface area contributed by atoms with Crippen molar-refractivity contribution in [2.45, 2.75) is 32.1 Å². The van der Waals surface area contributed by atoms with Gasteiger partial charge < -0.3 is 10.4 Å². The molecular formula is C16H18BrNO3. The summed E-state index contributed by atoms with van der Waals surface area (Å²) in [5.74, 6) is 1.05. The topological polar surface area (TPSA) is 66.4 Å². The van der Waals surface area contributed by atoms with Crippen molar-refractivity contribution >= 4 is 33.5 Å². The smallest absolute Gasteiger partial charge is 0.335 e.